The fraction of sp³-hybridized carbons (Fsp3) is 1.00. The first-order chi connectivity index (χ1) is 5.49. The predicted octanol–water partition coefficient (Wildman–Crippen LogP) is 2.62. The van der Waals surface area contributed by atoms with Crippen LogP contribution in [0.15, 0.2) is 0 Å². The Kier molecular flexibility index (Phi) is 3.47. The molecule has 1 rings (SSSR count). The van der Waals surface area contributed by atoms with Crippen LogP contribution in [0.4, 0.5) is 0 Å². The second kappa shape index (κ2) is 4.01. The van der Waals surface area contributed by atoms with Crippen LogP contribution in [0.5, 0.6) is 0 Å². The van der Waals surface area contributed by atoms with Gasteiger partial charge in [-0.1, -0.05) is 12.8 Å². The molecule has 72 valence electrons. The van der Waals surface area contributed by atoms with Gasteiger partial charge in [-0.2, -0.15) is 12.6 Å². The van der Waals surface area contributed by atoms with Crippen LogP contribution >= 0.6 is 12.6 Å². The average Bonchev–Trinajstić information content (AvgIpc) is 1.91. The van der Waals surface area contributed by atoms with Crippen LogP contribution in [0.2, 0.25) is 0 Å². The Bertz CT molecular complexity index is 139. The molecular weight excluding hydrogens is 166 g/mol. The molecule has 0 amide bonds. The van der Waals surface area contributed by atoms with Gasteiger partial charge in [0.15, 0.2) is 0 Å². The van der Waals surface area contributed by atoms with E-state index in [2.05, 4.69) is 38.7 Å². The molecule has 1 fully saturated rings. The Hall–Kier alpha value is 0.310. The molecule has 0 heterocycles. The summed E-state index contributed by atoms with van der Waals surface area (Å²) < 4.78 is 0. The van der Waals surface area contributed by atoms with E-state index in [1.165, 1.54) is 25.7 Å². The summed E-state index contributed by atoms with van der Waals surface area (Å²) in [6, 6.07) is 0.627. The third kappa shape index (κ3) is 3.36. The summed E-state index contributed by atoms with van der Waals surface area (Å²) in [5, 5.41) is 4.20. The van der Waals surface area contributed by atoms with Gasteiger partial charge in [0.05, 0.1) is 0 Å². The highest BCUT2D eigenvalue weighted by atomic mass is 32.1. The first kappa shape index (κ1) is 10.4. The quantitative estimate of drug-likeness (QED) is 0.601. The van der Waals surface area contributed by atoms with Crippen molar-refractivity contribution >= 4 is 12.6 Å². The smallest absolute Gasteiger partial charge is 0.0188 e. The lowest BCUT2D eigenvalue weighted by atomic mass is 9.92. The summed E-state index contributed by atoms with van der Waals surface area (Å²) in [5.41, 5.74) is 0.239. The average molecular weight is 187 g/mol. The Morgan fingerprint density at radius 2 is 1.75 bits per heavy atom. The normalized spacial score (nSPS) is 32.0. The molecule has 0 saturated heterocycles. The van der Waals surface area contributed by atoms with Crippen LogP contribution in [-0.4, -0.2) is 16.8 Å². The van der Waals surface area contributed by atoms with Crippen molar-refractivity contribution in [3.63, 3.8) is 0 Å². The van der Waals surface area contributed by atoms with E-state index >= 15 is 0 Å². The van der Waals surface area contributed by atoms with Crippen LogP contribution in [0, 0.1) is 0 Å². The van der Waals surface area contributed by atoms with Crippen molar-refractivity contribution in [1.29, 1.82) is 0 Å². The number of thiol groups is 1. The molecule has 2 atom stereocenters. The van der Waals surface area contributed by atoms with Gasteiger partial charge in [0.1, 0.15) is 0 Å². The van der Waals surface area contributed by atoms with Crippen LogP contribution in [0.25, 0.3) is 0 Å². The standard InChI is InChI=1S/C10H21NS/c1-10(2,3)11-8-6-4-5-7-9(8)12/h8-9,11-12H,4-7H2,1-3H3/t8-,9-/m1/s1. The van der Waals surface area contributed by atoms with Gasteiger partial charge >= 0.3 is 0 Å². The maximum absolute atomic E-state index is 4.61. The fourth-order valence-corrected chi connectivity index (χ4v) is 2.24. The van der Waals surface area contributed by atoms with Crippen molar-refractivity contribution in [2.75, 3.05) is 0 Å². The molecule has 12 heavy (non-hydrogen) atoms. The molecule has 1 aliphatic rings. The number of nitrogens with one attached hydrogen (secondary N) is 1. The molecule has 0 aromatic heterocycles. The molecule has 1 saturated carbocycles. The van der Waals surface area contributed by atoms with E-state index in [1.54, 1.807) is 0 Å². The molecule has 0 aromatic rings. The first-order valence-corrected chi connectivity index (χ1v) is 5.46. The zero-order valence-corrected chi connectivity index (χ0v) is 9.32. The second-order valence-electron chi connectivity index (χ2n) is 4.85. The maximum atomic E-state index is 4.61. The number of hydrogen-bond donors (Lipinski definition) is 2. The maximum Gasteiger partial charge on any atom is 0.0188 e. The third-order valence-electron chi connectivity index (χ3n) is 2.35. The van der Waals surface area contributed by atoms with Gasteiger partial charge in [-0.15, -0.1) is 0 Å². The van der Waals surface area contributed by atoms with E-state index in [9.17, 15) is 0 Å². The number of hydrogen-bond acceptors (Lipinski definition) is 2. The lowest BCUT2D eigenvalue weighted by Gasteiger charge is -2.35. The molecule has 0 aromatic carbocycles. The highest BCUT2D eigenvalue weighted by molar-refractivity contribution is 7.81. The number of rotatable bonds is 1. The summed E-state index contributed by atoms with van der Waals surface area (Å²) in [5.74, 6) is 0. The van der Waals surface area contributed by atoms with Crippen molar-refractivity contribution < 1.29 is 0 Å². The Labute approximate surface area is 81.7 Å². The largest absolute Gasteiger partial charge is 0.308 e. The minimum absolute atomic E-state index is 0.239. The van der Waals surface area contributed by atoms with Gasteiger partial charge in [-0.25, -0.2) is 0 Å². The highest BCUT2D eigenvalue weighted by Gasteiger charge is 2.25. The Morgan fingerprint density at radius 3 is 2.25 bits per heavy atom. The molecule has 0 unspecified atom stereocenters. The predicted molar refractivity (Wildman–Crippen MR) is 57.9 cm³/mol. The summed E-state index contributed by atoms with van der Waals surface area (Å²) in [6.07, 6.45) is 5.30. The van der Waals surface area contributed by atoms with E-state index in [0.29, 0.717) is 11.3 Å². The van der Waals surface area contributed by atoms with Gasteiger partial charge in [0.2, 0.25) is 0 Å². The molecule has 2 heteroatoms. The zero-order valence-electron chi connectivity index (χ0n) is 8.43. The molecule has 0 bridgehead atoms. The monoisotopic (exact) mass is 187 g/mol. The Balaban J connectivity index is 2.39. The van der Waals surface area contributed by atoms with Gasteiger partial charge in [0, 0.05) is 16.8 Å². The minimum atomic E-state index is 0.239. The molecule has 1 N–H and O–H groups in total. The summed E-state index contributed by atoms with van der Waals surface area (Å²) in [6.45, 7) is 6.67. The van der Waals surface area contributed by atoms with Crippen molar-refractivity contribution in [1.82, 2.24) is 5.32 Å². The highest BCUT2D eigenvalue weighted by Crippen LogP contribution is 2.24. The fourth-order valence-electron chi connectivity index (χ4n) is 1.84. The first-order valence-electron chi connectivity index (χ1n) is 4.95. The van der Waals surface area contributed by atoms with Gasteiger partial charge in [-0.3, -0.25) is 0 Å². The van der Waals surface area contributed by atoms with E-state index < -0.39 is 0 Å². The molecule has 1 nitrogen and oxygen atoms in total. The summed E-state index contributed by atoms with van der Waals surface area (Å²) in [7, 11) is 0. The Morgan fingerprint density at radius 1 is 1.17 bits per heavy atom. The van der Waals surface area contributed by atoms with E-state index in [4.69, 9.17) is 0 Å². The molecule has 1 aliphatic carbocycles. The van der Waals surface area contributed by atoms with Gasteiger partial charge < -0.3 is 5.32 Å². The van der Waals surface area contributed by atoms with E-state index in [1.807, 2.05) is 0 Å². The van der Waals surface area contributed by atoms with Crippen molar-refractivity contribution in [2.24, 2.45) is 0 Å². The van der Waals surface area contributed by atoms with Gasteiger partial charge in [-0.05, 0) is 33.6 Å². The lowest BCUT2D eigenvalue weighted by Crippen LogP contribution is -2.49. The van der Waals surface area contributed by atoms with Crippen LogP contribution in [-0.2, 0) is 0 Å². The van der Waals surface area contributed by atoms with Crippen molar-refractivity contribution in [3.8, 4) is 0 Å². The molecule has 0 aliphatic heterocycles. The van der Waals surface area contributed by atoms with Crippen molar-refractivity contribution in [3.05, 3.63) is 0 Å². The summed E-state index contributed by atoms with van der Waals surface area (Å²) >= 11 is 4.61. The van der Waals surface area contributed by atoms with E-state index in [-0.39, 0.29) is 5.54 Å². The SMILES string of the molecule is CC(C)(C)N[C@@H]1CCCC[C@H]1S. The summed E-state index contributed by atoms with van der Waals surface area (Å²) in [4.78, 5) is 0. The minimum Gasteiger partial charge on any atom is -0.308 e. The topological polar surface area (TPSA) is 12.0 Å². The van der Waals surface area contributed by atoms with Crippen molar-refractivity contribution in [2.45, 2.75) is 63.3 Å². The van der Waals surface area contributed by atoms with Crippen LogP contribution in [0.3, 0.4) is 0 Å². The third-order valence-corrected chi connectivity index (χ3v) is 2.97. The van der Waals surface area contributed by atoms with Gasteiger partial charge in [0.25, 0.3) is 0 Å². The van der Waals surface area contributed by atoms with Crippen LogP contribution < -0.4 is 5.32 Å². The molecule has 0 spiro atoms. The second-order valence-corrected chi connectivity index (χ2v) is 5.52. The lowest BCUT2D eigenvalue weighted by molar-refractivity contribution is 0.303. The molecule has 0 radical (unpaired) electrons. The molecular formula is C10H21NS. The van der Waals surface area contributed by atoms with E-state index in [0.717, 1.165) is 0 Å². The van der Waals surface area contributed by atoms with Crippen LogP contribution in [0.1, 0.15) is 46.5 Å². The zero-order chi connectivity index (χ0) is 9.19.